The van der Waals surface area contributed by atoms with Crippen molar-refractivity contribution >= 4 is 32.0 Å². The molecule has 122 valence electrons. The average Bonchev–Trinajstić information content (AvgIpc) is 2.53. The molecule has 2 rings (SSSR count). The zero-order valence-corrected chi connectivity index (χ0v) is 15.3. The van der Waals surface area contributed by atoms with E-state index in [1.165, 1.54) is 5.41 Å². The van der Waals surface area contributed by atoms with Gasteiger partial charge in [-0.15, -0.1) is 0 Å². The van der Waals surface area contributed by atoms with Crippen LogP contribution in [0.4, 0.5) is 0 Å². The summed E-state index contributed by atoms with van der Waals surface area (Å²) in [6.45, 7) is 1.79. The van der Waals surface area contributed by atoms with Gasteiger partial charge in [0.1, 0.15) is 5.75 Å². The van der Waals surface area contributed by atoms with Crippen LogP contribution in [0.15, 0.2) is 58.4 Å². The molecule has 0 aliphatic carbocycles. The molecule has 0 saturated heterocycles. The molecule has 0 bridgehead atoms. The molecule has 6 heteroatoms. The zero-order chi connectivity index (χ0) is 16.9. The van der Waals surface area contributed by atoms with Crippen molar-refractivity contribution in [2.45, 2.75) is 13.0 Å². The molecule has 23 heavy (non-hydrogen) atoms. The second-order valence-electron chi connectivity index (χ2n) is 4.99. The Bertz CT molecular complexity index is 789. The first-order valence-electron chi connectivity index (χ1n) is 7.00. The largest absolute Gasteiger partial charge is 0.496 e. The maximum absolute atomic E-state index is 12.2. The molecular formula is C17H18BrNO3S. The van der Waals surface area contributed by atoms with Crippen LogP contribution < -0.4 is 9.46 Å². The average molecular weight is 396 g/mol. The van der Waals surface area contributed by atoms with Crippen molar-refractivity contribution in [1.82, 2.24) is 4.72 Å². The molecule has 0 heterocycles. The van der Waals surface area contributed by atoms with Gasteiger partial charge in [0, 0.05) is 11.4 Å². The smallest absolute Gasteiger partial charge is 0.234 e. The predicted octanol–water partition coefficient (Wildman–Crippen LogP) is 4.11. The molecule has 0 spiro atoms. The summed E-state index contributed by atoms with van der Waals surface area (Å²) in [5.74, 6) is 0.702. The van der Waals surface area contributed by atoms with Crippen molar-refractivity contribution in [3.05, 3.63) is 69.5 Å². The Hall–Kier alpha value is -1.63. The van der Waals surface area contributed by atoms with Crippen LogP contribution in [-0.2, 0) is 10.0 Å². The van der Waals surface area contributed by atoms with Crippen LogP contribution in [0, 0.1) is 0 Å². The van der Waals surface area contributed by atoms with Crippen LogP contribution in [0.2, 0.25) is 0 Å². The van der Waals surface area contributed by atoms with Gasteiger partial charge < -0.3 is 4.74 Å². The molecule has 0 amide bonds. The molecule has 1 unspecified atom stereocenters. The van der Waals surface area contributed by atoms with E-state index < -0.39 is 10.0 Å². The molecule has 0 aliphatic rings. The highest BCUT2D eigenvalue weighted by Gasteiger charge is 2.14. The quantitative estimate of drug-likeness (QED) is 0.800. The summed E-state index contributed by atoms with van der Waals surface area (Å²) in [6.07, 6.45) is 1.57. The Morgan fingerprint density at radius 3 is 2.48 bits per heavy atom. The lowest BCUT2D eigenvalue weighted by Crippen LogP contribution is -2.24. The van der Waals surface area contributed by atoms with Gasteiger partial charge in [0.05, 0.1) is 11.6 Å². The van der Waals surface area contributed by atoms with E-state index in [4.69, 9.17) is 4.74 Å². The Morgan fingerprint density at radius 2 is 1.87 bits per heavy atom. The second-order valence-corrected chi connectivity index (χ2v) is 7.44. The predicted molar refractivity (Wildman–Crippen MR) is 96.6 cm³/mol. The first-order chi connectivity index (χ1) is 10.9. The molecule has 1 atom stereocenters. The third-order valence-corrected chi connectivity index (χ3v) is 5.05. The van der Waals surface area contributed by atoms with Gasteiger partial charge in [-0.05, 0) is 52.2 Å². The maximum atomic E-state index is 12.2. The maximum Gasteiger partial charge on any atom is 0.234 e. The zero-order valence-electron chi connectivity index (χ0n) is 12.9. The van der Waals surface area contributed by atoms with Crippen LogP contribution >= 0.6 is 15.9 Å². The highest BCUT2D eigenvalue weighted by atomic mass is 79.9. The molecule has 1 N–H and O–H groups in total. The fraction of sp³-hybridized carbons (Fsp3) is 0.176. The fourth-order valence-electron chi connectivity index (χ4n) is 2.04. The van der Waals surface area contributed by atoms with Gasteiger partial charge in [-0.3, -0.25) is 0 Å². The molecule has 0 saturated carbocycles. The van der Waals surface area contributed by atoms with E-state index in [0.717, 1.165) is 15.6 Å². The number of rotatable bonds is 6. The van der Waals surface area contributed by atoms with Gasteiger partial charge in [0.25, 0.3) is 0 Å². The molecular weight excluding hydrogens is 378 g/mol. The Balaban J connectivity index is 2.10. The SMILES string of the molecule is COc1ccc(C(C)NS(=O)(=O)/C=C/c2ccccc2)cc1Br. The summed E-state index contributed by atoms with van der Waals surface area (Å²) in [5.41, 5.74) is 1.67. The van der Waals surface area contributed by atoms with E-state index in [0.29, 0.717) is 5.75 Å². The normalized spacial score (nSPS) is 13.2. The van der Waals surface area contributed by atoms with Gasteiger partial charge in [-0.25, -0.2) is 13.1 Å². The first-order valence-corrected chi connectivity index (χ1v) is 9.34. The molecule has 4 nitrogen and oxygen atoms in total. The van der Waals surface area contributed by atoms with E-state index in [1.807, 2.05) is 42.5 Å². The third-order valence-electron chi connectivity index (χ3n) is 3.26. The van der Waals surface area contributed by atoms with Gasteiger partial charge in [0.2, 0.25) is 10.0 Å². The summed E-state index contributed by atoms with van der Waals surface area (Å²) in [6, 6.07) is 14.4. The molecule has 0 aliphatic heterocycles. The van der Waals surface area contributed by atoms with Gasteiger partial charge in [0.15, 0.2) is 0 Å². The Morgan fingerprint density at radius 1 is 1.17 bits per heavy atom. The lowest BCUT2D eigenvalue weighted by atomic mass is 10.1. The fourth-order valence-corrected chi connectivity index (χ4v) is 3.64. The molecule has 0 aromatic heterocycles. The first kappa shape index (κ1) is 17.7. The number of sulfonamides is 1. The number of hydrogen-bond acceptors (Lipinski definition) is 3. The van der Waals surface area contributed by atoms with Crippen molar-refractivity contribution < 1.29 is 13.2 Å². The summed E-state index contributed by atoms with van der Waals surface area (Å²) in [4.78, 5) is 0. The van der Waals surface area contributed by atoms with E-state index in [-0.39, 0.29) is 6.04 Å². The highest BCUT2D eigenvalue weighted by molar-refractivity contribution is 9.10. The number of benzene rings is 2. The lowest BCUT2D eigenvalue weighted by Gasteiger charge is -2.14. The van der Waals surface area contributed by atoms with Gasteiger partial charge in [-0.2, -0.15) is 0 Å². The summed E-state index contributed by atoms with van der Waals surface area (Å²) in [7, 11) is -1.95. The monoisotopic (exact) mass is 395 g/mol. The number of halogens is 1. The molecule has 0 fully saturated rings. The van der Waals surface area contributed by atoms with Gasteiger partial charge >= 0.3 is 0 Å². The Labute approximate surface area is 145 Å². The molecule has 0 radical (unpaired) electrons. The van der Waals surface area contributed by atoms with Crippen LogP contribution in [0.1, 0.15) is 24.1 Å². The topological polar surface area (TPSA) is 55.4 Å². The minimum atomic E-state index is -3.53. The van der Waals surface area contributed by atoms with Crippen molar-refractivity contribution in [3.8, 4) is 5.75 Å². The third kappa shape index (κ3) is 5.20. The van der Waals surface area contributed by atoms with E-state index >= 15 is 0 Å². The number of methoxy groups -OCH3 is 1. The van der Waals surface area contributed by atoms with E-state index in [9.17, 15) is 8.42 Å². The van der Waals surface area contributed by atoms with E-state index in [2.05, 4.69) is 20.7 Å². The van der Waals surface area contributed by atoms with Crippen LogP contribution in [-0.4, -0.2) is 15.5 Å². The summed E-state index contributed by atoms with van der Waals surface area (Å²) in [5, 5.41) is 1.18. The van der Waals surface area contributed by atoms with Crippen molar-refractivity contribution in [2.24, 2.45) is 0 Å². The summed E-state index contributed by atoms with van der Waals surface area (Å²) < 4.78 is 32.9. The number of nitrogens with one attached hydrogen (secondary N) is 1. The van der Waals surface area contributed by atoms with Crippen LogP contribution in [0.25, 0.3) is 6.08 Å². The lowest BCUT2D eigenvalue weighted by molar-refractivity contribution is 0.412. The Kier molecular flexibility index (Phi) is 5.98. The number of ether oxygens (including phenoxy) is 1. The van der Waals surface area contributed by atoms with E-state index in [1.54, 1.807) is 26.2 Å². The second kappa shape index (κ2) is 7.77. The molecule has 2 aromatic rings. The standard InChI is InChI=1S/C17H18BrNO3S/c1-13(15-8-9-17(22-2)16(18)12-15)19-23(20,21)11-10-14-6-4-3-5-7-14/h3-13,19H,1-2H3/b11-10+. The van der Waals surface area contributed by atoms with Crippen molar-refractivity contribution in [1.29, 1.82) is 0 Å². The highest BCUT2D eigenvalue weighted by Crippen LogP contribution is 2.28. The summed E-state index contributed by atoms with van der Waals surface area (Å²) >= 11 is 3.40. The minimum Gasteiger partial charge on any atom is -0.496 e. The van der Waals surface area contributed by atoms with Crippen LogP contribution in [0.3, 0.4) is 0 Å². The van der Waals surface area contributed by atoms with Crippen LogP contribution in [0.5, 0.6) is 5.75 Å². The van der Waals surface area contributed by atoms with Crippen molar-refractivity contribution in [2.75, 3.05) is 7.11 Å². The van der Waals surface area contributed by atoms with Gasteiger partial charge in [-0.1, -0.05) is 36.4 Å². The number of hydrogen-bond donors (Lipinski definition) is 1. The molecule has 2 aromatic carbocycles. The minimum absolute atomic E-state index is 0.359. The van der Waals surface area contributed by atoms with Crippen molar-refractivity contribution in [3.63, 3.8) is 0 Å².